The van der Waals surface area contributed by atoms with Gasteiger partial charge in [0.05, 0.1) is 55.4 Å². The van der Waals surface area contributed by atoms with E-state index in [4.69, 9.17) is 2.74 Å². The van der Waals surface area contributed by atoms with Gasteiger partial charge < -0.3 is 23.5 Å². The molecule has 0 atom stereocenters. The number of hydrogen-bond donors (Lipinski definition) is 0. The second-order valence-electron chi connectivity index (χ2n) is 27.3. The van der Waals surface area contributed by atoms with E-state index in [-0.39, 0.29) is 33.9 Å². The summed E-state index contributed by atoms with van der Waals surface area (Å²) in [5.74, 6) is 0. The van der Waals surface area contributed by atoms with Crippen molar-refractivity contribution < 1.29 is 11.0 Å². The highest BCUT2D eigenvalue weighted by Crippen LogP contribution is 2.55. The van der Waals surface area contributed by atoms with Crippen molar-refractivity contribution in [2.24, 2.45) is 0 Å². The largest absolute Gasteiger partial charge is 0.310 e. The van der Waals surface area contributed by atoms with E-state index in [2.05, 4.69) is 319 Å². The van der Waals surface area contributed by atoms with Gasteiger partial charge in [0, 0.05) is 94.4 Å². The van der Waals surface area contributed by atoms with Crippen LogP contribution in [0.15, 0.2) is 346 Å². The normalized spacial score (nSPS) is 13.8. The van der Waals surface area contributed by atoms with Crippen LogP contribution in [0.3, 0.4) is 0 Å². The molecule has 5 heterocycles. The number of benzene rings is 15. The van der Waals surface area contributed by atoms with Crippen LogP contribution in [-0.4, -0.2) is 20.4 Å². The van der Waals surface area contributed by atoms with Crippen molar-refractivity contribution in [1.82, 2.24) is 13.7 Å². The lowest BCUT2D eigenvalue weighted by atomic mass is 9.33. The number of para-hydroxylation sites is 7. The number of fused-ring (bicyclic) bond motifs is 14. The van der Waals surface area contributed by atoms with Crippen LogP contribution in [0.4, 0.5) is 34.1 Å². The molecule has 0 amide bonds. The molecule has 0 aliphatic carbocycles. The minimum Gasteiger partial charge on any atom is -0.310 e. The zero-order chi connectivity index (χ0) is 73.3. The zero-order valence-corrected chi connectivity index (χ0v) is 55.1. The minimum absolute atomic E-state index is 0.0106. The van der Waals surface area contributed by atoms with Gasteiger partial charge in [0.15, 0.2) is 0 Å². The highest BCUT2D eigenvalue weighted by Gasteiger charge is 2.46. The summed E-state index contributed by atoms with van der Waals surface area (Å²) in [6.45, 7) is 6.33. The first-order valence-corrected chi connectivity index (χ1v) is 34.2. The van der Waals surface area contributed by atoms with Crippen LogP contribution in [0.1, 0.15) is 37.3 Å². The third-order valence-electron chi connectivity index (χ3n) is 20.8. The second-order valence-corrected chi connectivity index (χ2v) is 27.3. The van der Waals surface area contributed by atoms with Gasteiger partial charge in [-0.25, -0.2) is 0 Å². The van der Waals surface area contributed by atoms with Crippen LogP contribution in [0.2, 0.25) is 0 Å². The van der Waals surface area contributed by atoms with Crippen molar-refractivity contribution in [3.63, 3.8) is 0 Å². The molecular weight excluding hydrogens is 1210 g/mol. The fourth-order valence-corrected chi connectivity index (χ4v) is 16.4. The summed E-state index contributed by atoms with van der Waals surface area (Å²) in [6, 6.07) is 103. The zero-order valence-electron chi connectivity index (χ0n) is 63.1. The van der Waals surface area contributed by atoms with Gasteiger partial charge in [-0.3, -0.25) is 0 Å². The monoisotopic (exact) mass is 1280 g/mol. The summed E-state index contributed by atoms with van der Waals surface area (Å²) in [7, 11) is 0. The lowest BCUT2D eigenvalue weighted by Crippen LogP contribution is -2.61. The Morgan fingerprint density at radius 2 is 0.660 bits per heavy atom. The third kappa shape index (κ3) is 8.69. The molecule has 100 heavy (non-hydrogen) atoms. The lowest BCUT2D eigenvalue weighted by molar-refractivity contribution is 0.590. The van der Waals surface area contributed by atoms with Crippen molar-refractivity contribution in [3.8, 4) is 61.6 Å². The average Bonchev–Trinajstić information content (AvgIpc) is 1.16. The maximum absolute atomic E-state index is 9.82. The van der Waals surface area contributed by atoms with Gasteiger partial charge in [0.2, 0.25) is 0 Å². The Morgan fingerprint density at radius 3 is 1.08 bits per heavy atom. The standard InChI is InChI=1S/C94H66BN5/c1-94(2,3)65-57-87-89-88(58-65)100(91-71(63-33-13-6-14-34-63)45-28-46-72(91)64-35-15-7-16-36-64)86-60-68(98-84-50-26-22-42-76(84)78-54-53-77-75-41-21-25-49-83(75)97(92(77)93(78)98)66-37-17-8-18-38-66)52-56-80(86)95(89)79-55-51-67(96-81-47-23-19-39-73(81)74-40-20-24-48-82(74)96)59-85(79)99(87)90-69(61-29-9-4-10-30-61)43-27-44-70(90)62-31-11-5-12-32-62/h4-60H,1-3H3/i19D,20D,23D,24D,39D,40D,47D,48D. The van der Waals surface area contributed by atoms with Gasteiger partial charge in [-0.05, 0) is 122 Å². The Morgan fingerprint density at radius 1 is 0.290 bits per heavy atom. The van der Waals surface area contributed by atoms with Crippen molar-refractivity contribution in [1.29, 1.82) is 0 Å². The Hall–Kier alpha value is -12.6. The summed E-state index contributed by atoms with van der Waals surface area (Å²) in [5.41, 5.74) is 24.0. The van der Waals surface area contributed by atoms with Crippen LogP contribution in [0.25, 0.3) is 127 Å². The molecular formula is C94H66BN5. The fraction of sp³-hybridized carbons (Fsp3) is 0.0426. The third-order valence-corrected chi connectivity index (χ3v) is 20.8. The van der Waals surface area contributed by atoms with Crippen molar-refractivity contribution in [2.75, 3.05) is 9.80 Å². The number of anilines is 6. The molecule has 0 bridgehead atoms. The van der Waals surface area contributed by atoms with E-state index in [1.807, 2.05) is 18.2 Å². The first kappa shape index (κ1) is 49.8. The predicted octanol–water partition coefficient (Wildman–Crippen LogP) is 23.0. The molecule has 2 aliphatic heterocycles. The Labute approximate surface area is 592 Å². The van der Waals surface area contributed by atoms with E-state index in [1.165, 1.54) is 0 Å². The molecule has 3 aromatic heterocycles. The SMILES string of the molecule is [2H]c1c([2H])c([2H])c2c(c1[2H])c1c([2H])c([2H])c([2H])c([2H])c1n2-c1ccc2c(c1)N(c1c(-c3ccccc3)cccc1-c1ccccc1)c1cc(C(C)(C)C)cc3c1B2c1ccc(-n2c4ccccc4c4ccc5c6ccccc6n(-c6ccccc6)c5c42)cc1N3c1c(-c2ccccc2)cccc1-c1ccccc1. The predicted molar refractivity (Wildman–Crippen MR) is 424 cm³/mol. The molecule has 0 radical (unpaired) electrons. The summed E-state index contributed by atoms with van der Waals surface area (Å²) < 4.78 is 81.9. The molecule has 470 valence electrons. The van der Waals surface area contributed by atoms with E-state index in [1.54, 1.807) is 4.57 Å². The quantitative estimate of drug-likeness (QED) is 0.134. The average molecular weight is 1280 g/mol. The molecule has 15 aromatic carbocycles. The molecule has 20 rings (SSSR count). The van der Waals surface area contributed by atoms with Gasteiger partial charge >= 0.3 is 0 Å². The van der Waals surface area contributed by atoms with E-state index in [9.17, 15) is 8.22 Å². The summed E-state index contributed by atoms with van der Waals surface area (Å²) >= 11 is 0. The molecule has 6 heteroatoms. The highest BCUT2D eigenvalue weighted by molar-refractivity contribution is 7.00. The van der Waals surface area contributed by atoms with Crippen LogP contribution >= 0.6 is 0 Å². The van der Waals surface area contributed by atoms with Gasteiger partial charge in [0.25, 0.3) is 6.71 Å². The molecule has 18 aromatic rings. The second kappa shape index (κ2) is 22.5. The van der Waals surface area contributed by atoms with Gasteiger partial charge in [-0.15, -0.1) is 0 Å². The fourth-order valence-electron chi connectivity index (χ4n) is 16.4. The summed E-state index contributed by atoms with van der Waals surface area (Å²) in [5, 5.41) is 4.56. The molecule has 0 saturated heterocycles. The Bertz CT molecular complexity index is 6640. The molecule has 5 nitrogen and oxygen atoms in total. The smallest absolute Gasteiger partial charge is 0.252 e. The number of hydrogen-bond acceptors (Lipinski definition) is 2. The molecule has 2 aliphatic rings. The Balaban J connectivity index is 0.973. The minimum atomic E-state index is -0.504. The first-order valence-electron chi connectivity index (χ1n) is 38.2. The van der Waals surface area contributed by atoms with Crippen LogP contribution < -0.4 is 26.2 Å². The van der Waals surface area contributed by atoms with E-state index >= 15 is 0 Å². The maximum atomic E-state index is 9.82. The van der Waals surface area contributed by atoms with Gasteiger partial charge in [-0.1, -0.05) is 294 Å². The lowest BCUT2D eigenvalue weighted by Gasteiger charge is -2.46. The van der Waals surface area contributed by atoms with Gasteiger partial charge in [-0.2, -0.15) is 0 Å². The van der Waals surface area contributed by atoms with E-state index < -0.39 is 48.4 Å². The maximum Gasteiger partial charge on any atom is 0.252 e. The molecule has 0 fully saturated rings. The number of rotatable bonds is 9. The van der Waals surface area contributed by atoms with E-state index in [0.717, 1.165) is 156 Å². The summed E-state index contributed by atoms with van der Waals surface area (Å²) in [6.07, 6.45) is 0. The van der Waals surface area contributed by atoms with Crippen LogP contribution in [0, 0.1) is 0 Å². The topological polar surface area (TPSA) is 21.3 Å². The first-order chi connectivity index (χ1) is 52.6. The van der Waals surface area contributed by atoms with Gasteiger partial charge in [0.1, 0.15) is 0 Å². The number of aromatic nitrogens is 3. The molecule has 0 unspecified atom stereocenters. The van der Waals surface area contributed by atoms with Crippen LogP contribution in [0.5, 0.6) is 0 Å². The van der Waals surface area contributed by atoms with Crippen LogP contribution in [-0.2, 0) is 5.41 Å². The molecule has 0 N–H and O–H groups in total. The van der Waals surface area contributed by atoms with E-state index in [0.29, 0.717) is 5.69 Å². The highest BCUT2D eigenvalue weighted by atomic mass is 15.2. The Kier molecular flexibility index (Phi) is 11.2. The van der Waals surface area contributed by atoms with Crippen molar-refractivity contribution >= 4 is 123 Å². The number of nitrogens with zero attached hydrogens (tertiary/aromatic N) is 5. The van der Waals surface area contributed by atoms with Crippen molar-refractivity contribution in [3.05, 3.63) is 351 Å². The molecule has 0 spiro atoms. The molecule has 0 saturated carbocycles. The summed E-state index contributed by atoms with van der Waals surface area (Å²) in [4.78, 5) is 5.01. The van der Waals surface area contributed by atoms with Crippen molar-refractivity contribution in [2.45, 2.75) is 26.2 Å².